The monoisotopic (exact) mass is 301 g/mol. The molecule has 1 aromatic heterocycles. The lowest BCUT2D eigenvalue weighted by molar-refractivity contribution is 0.129. The van der Waals surface area contributed by atoms with Crippen molar-refractivity contribution in [3.05, 3.63) is 36.2 Å². The van der Waals surface area contributed by atoms with Crippen LogP contribution in [0.25, 0.3) is 5.69 Å². The van der Waals surface area contributed by atoms with Gasteiger partial charge in [0.25, 0.3) is 0 Å². The van der Waals surface area contributed by atoms with Crippen molar-refractivity contribution < 1.29 is 4.74 Å². The van der Waals surface area contributed by atoms with Crippen molar-refractivity contribution in [3.8, 4) is 5.69 Å². The molecular formula is C16H19N3OS. The molecule has 1 aliphatic heterocycles. The van der Waals surface area contributed by atoms with Gasteiger partial charge in [-0.25, -0.2) is 9.67 Å². The van der Waals surface area contributed by atoms with Crippen molar-refractivity contribution in [1.29, 1.82) is 0 Å². The Morgan fingerprint density at radius 3 is 2.76 bits per heavy atom. The van der Waals surface area contributed by atoms with Crippen molar-refractivity contribution in [2.75, 3.05) is 12.4 Å². The van der Waals surface area contributed by atoms with E-state index in [0.717, 1.165) is 29.0 Å². The average Bonchev–Trinajstić information content (AvgIpc) is 3.08. The molecule has 21 heavy (non-hydrogen) atoms. The van der Waals surface area contributed by atoms with Gasteiger partial charge in [-0.1, -0.05) is 30.0 Å². The van der Waals surface area contributed by atoms with Crippen LogP contribution in [-0.2, 0) is 4.74 Å². The summed E-state index contributed by atoms with van der Waals surface area (Å²) in [6, 6.07) is 10.3. The molecule has 4 rings (SSSR count). The van der Waals surface area contributed by atoms with Gasteiger partial charge < -0.3 is 4.74 Å². The van der Waals surface area contributed by atoms with Crippen LogP contribution in [0, 0.1) is 0 Å². The quantitative estimate of drug-likeness (QED) is 0.793. The first kappa shape index (κ1) is 13.3. The number of ether oxygens (including phenoxy) is 1. The zero-order valence-electron chi connectivity index (χ0n) is 11.9. The maximum absolute atomic E-state index is 5.67. The first-order valence-corrected chi connectivity index (χ1v) is 8.65. The van der Waals surface area contributed by atoms with E-state index < -0.39 is 0 Å². The molecule has 1 atom stereocenters. The van der Waals surface area contributed by atoms with Gasteiger partial charge in [-0.2, -0.15) is 0 Å². The van der Waals surface area contributed by atoms with Crippen molar-refractivity contribution in [2.45, 2.75) is 42.9 Å². The second-order valence-corrected chi connectivity index (χ2v) is 6.71. The highest BCUT2D eigenvalue weighted by Crippen LogP contribution is 2.40. The van der Waals surface area contributed by atoms with Gasteiger partial charge in [0.1, 0.15) is 5.82 Å². The standard InChI is InChI=1S/C16H19N3OS/c1-2-5-13(6-3-1)19-15(12-8-9-12)17-16(18-19)21-11-14-7-4-10-20-14/h1-3,5-6,12,14H,4,7-11H2. The molecule has 110 valence electrons. The minimum Gasteiger partial charge on any atom is -0.377 e. The number of benzene rings is 1. The Balaban J connectivity index is 1.55. The molecule has 4 nitrogen and oxygen atoms in total. The SMILES string of the molecule is c1ccc(-n2nc(SCC3CCCO3)nc2C2CC2)cc1. The van der Waals surface area contributed by atoms with Crippen LogP contribution in [0.1, 0.15) is 37.4 Å². The second kappa shape index (κ2) is 5.81. The molecule has 1 aromatic carbocycles. The van der Waals surface area contributed by atoms with Gasteiger partial charge in [0, 0.05) is 18.3 Å². The number of nitrogens with zero attached hydrogens (tertiary/aromatic N) is 3. The largest absolute Gasteiger partial charge is 0.377 e. The van der Waals surface area contributed by atoms with E-state index in [9.17, 15) is 0 Å². The number of rotatable bonds is 5. The molecule has 2 fully saturated rings. The van der Waals surface area contributed by atoms with Crippen LogP contribution in [0.5, 0.6) is 0 Å². The molecule has 1 aliphatic carbocycles. The van der Waals surface area contributed by atoms with E-state index in [1.165, 1.54) is 25.7 Å². The van der Waals surface area contributed by atoms with E-state index >= 15 is 0 Å². The Kier molecular flexibility index (Phi) is 3.69. The van der Waals surface area contributed by atoms with Crippen LogP contribution in [0.2, 0.25) is 0 Å². The summed E-state index contributed by atoms with van der Waals surface area (Å²) < 4.78 is 7.70. The Labute approximate surface area is 128 Å². The molecule has 0 N–H and O–H groups in total. The third-order valence-electron chi connectivity index (χ3n) is 3.98. The Hall–Kier alpha value is -1.33. The molecule has 5 heteroatoms. The number of hydrogen-bond acceptors (Lipinski definition) is 4. The fourth-order valence-corrected chi connectivity index (χ4v) is 3.57. The molecular weight excluding hydrogens is 282 g/mol. The van der Waals surface area contributed by atoms with Crippen molar-refractivity contribution in [2.24, 2.45) is 0 Å². The second-order valence-electron chi connectivity index (χ2n) is 5.72. The fraction of sp³-hybridized carbons (Fsp3) is 0.500. The number of aromatic nitrogens is 3. The lowest BCUT2D eigenvalue weighted by Crippen LogP contribution is -2.07. The minimum absolute atomic E-state index is 0.378. The zero-order chi connectivity index (χ0) is 14.1. The number of hydrogen-bond donors (Lipinski definition) is 0. The summed E-state index contributed by atoms with van der Waals surface area (Å²) in [6.45, 7) is 0.907. The van der Waals surface area contributed by atoms with Crippen LogP contribution in [-0.4, -0.2) is 33.2 Å². The maximum atomic E-state index is 5.67. The fourth-order valence-electron chi connectivity index (χ4n) is 2.67. The Bertz CT molecular complexity index is 603. The molecule has 0 amide bonds. The highest BCUT2D eigenvalue weighted by Gasteiger charge is 2.30. The highest BCUT2D eigenvalue weighted by atomic mass is 32.2. The first-order valence-electron chi connectivity index (χ1n) is 7.67. The molecule has 1 unspecified atom stereocenters. The van der Waals surface area contributed by atoms with Crippen LogP contribution in [0.3, 0.4) is 0 Å². The smallest absolute Gasteiger partial charge is 0.209 e. The van der Waals surface area contributed by atoms with E-state index in [4.69, 9.17) is 14.8 Å². The maximum Gasteiger partial charge on any atom is 0.209 e. The normalized spacial score (nSPS) is 21.8. The summed E-state index contributed by atoms with van der Waals surface area (Å²) in [4.78, 5) is 4.77. The van der Waals surface area contributed by atoms with Crippen LogP contribution < -0.4 is 0 Å². The lowest BCUT2D eigenvalue weighted by atomic mass is 10.3. The van der Waals surface area contributed by atoms with Crippen LogP contribution in [0.15, 0.2) is 35.5 Å². The van der Waals surface area contributed by atoms with Gasteiger partial charge in [0.15, 0.2) is 0 Å². The third kappa shape index (κ3) is 2.99. The average molecular weight is 301 g/mol. The van der Waals surface area contributed by atoms with Gasteiger partial charge in [0.2, 0.25) is 5.16 Å². The van der Waals surface area contributed by atoms with E-state index in [1.807, 2.05) is 22.9 Å². The summed E-state index contributed by atoms with van der Waals surface area (Å²) in [5, 5.41) is 5.60. The van der Waals surface area contributed by atoms with Gasteiger partial charge in [0.05, 0.1) is 11.8 Å². The molecule has 0 spiro atoms. The first-order chi connectivity index (χ1) is 10.4. The molecule has 2 heterocycles. The summed E-state index contributed by atoms with van der Waals surface area (Å²) in [6.07, 6.45) is 5.21. The van der Waals surface area contributed by atoms with Gasteiger partial charge >= 0.3 is 0 Å². The summed E-state index contributed by atoms with van der Waals surface area (Å²) in [5.41, 5.74) is 1.11. The molecule has 1 saturated carbocycles. The van der Waals surface area contributed by atoms with E-state index in [2.05, 4.69) is 12.1 Å². The topological polar surface area (TPSA) is 39.9 Å². The van der Waals surface area contributed by atoms with Gasteiger partial charge in [-0.15, -0.1) is 5.10 Å². The Morgan fingerprint density at radius 2 is 2.05 bits per heavy atom. The van der Waals surface area contributed by atoms with Crippen molar-refractivity contribution in [1.82, 2.24) is 14.8 Å². The zero-order valence-corrected chi connectivity index (χ0v) is 12.8. The van der Waals surface area contributed by atoms with E-state index in [1.54, 1.807) is 11.8 Å². The van der Waals surface area contributed by atoms with Crippen molar-refractivity contribution in [3.63, 3.8) is 0 Å². The van der Waals surface area contributed by atoms with Crippen LogP contribution >= 0.6 is 11.8 Å². The summed E-state index contributed by atoms with van der Waals surface area (Å²) >= 11 is 1.72. The molecule has 2 aliphatic rings. The molecule has 0 bridgehead atoms. The molecule has 1 saturated heterocycles. The number of para-hydroxylation sites is 1. The Morgan fingerprint density at radius 1 is 1.19 bits per heavy atom. The predicted molar refractivity (Wildman–Crippen MR) is 83.0 cm³/mol. The third-order valence-corrected chi connectivity index (χ3v) is 4.95. The van der Waals surface area contributed by atoms with Crippen LogP contribution in [0.4, 0.5) is 0 Å². The van der Waals surface area contributed by atoms with E-state index in [0.29, 0.717) is 12.0 Å². The molecule has 2 aromatic rings. The predicted octanol–water partition coefficient (Wildman–Crippen LogP) is 3.42. The van der Waals surface area contributed by atoms with Gasteiger partial charge in [-0.3, -0.25) is 0 Å². The lowest BCUT2D eigenvalue weighted by Gasteiger charge is -2.05. The summed E-state index contributed by atoms with van der Waals surface area (Å²) in [7, 11) is 0. The molecule has 0 radical (unpaired) electrons. The number of thioether (sulfide) groups is 1. The highest BCUT2D eigenvalue weighted by molar-refractivity contribution is 7.99. The summed E-state index contributed by atoms with van der Waals surface area (Å²) in [5.74, 6) is 2.67. The van der Waals surface area contributed by atoms with Gasteiger partial charge in [-0.05, 0) is 37.8 Å². The minimum atomic E-state index is 0.378. The van der Waals surface area contributed by atoms with Crippen molar-refractivity contribution >= 4 is 11.8 Å². The van der Waals surface area contributed by atoms with E-state index in [-0.39, 0.29) is 0 Å².